The number of benzene rings is 1. The van der Waals surface area contributed by atoms with Gasteiger partial charge < -0.3 is 10.4 Å². The number of carbonyl (C=O) groups is 2. The largest absolute Gasteiger partial charge is 0.478 e. The van der Waals surface area contributed by atoms with Crippen LogP contribution < -0.4 is 5.32 Å². The van der Waals surface area contributed by atoms with Gasteiger partial charge in [-0.05, 0) is 44.4 Å². The lowest BCUT2D eigenvalue weighted by atomic mass is 10.1. The SMILES string of the molecule is CC(C)(C(=O)NCc1ccc(C(=O)O)cc1)S(=O)(=O)C1CC1. The second-order valence-electron chi connectivity index (χ2n) is 5.94. The van der Waals surface area contributed by atoms with E-state index in [1.54, 1.807) is 12.1 Å². The number of carbonyl (C=O) groups excluding carboxylic acids is 1. The number of rotatable bonds is 6. The first-order valence-electron chi connectivity index (χ1n) is 7.00. The fourth-order valence-corrected chi connectivity index (χ4v) is 4.01. The van der Waals surface area contributed by atoms with E-state index in [0.29, 0.717) is 18.4 Å². The lowest BCUT2D eigenvalue weighted by Crippen LogP contribution is -2.49. The van der Waals surface area contributed by atoms with Crippen molar-refractivity contribution in [3.8, 4) is 0 Å². The number of nitrogens with one attached hydrogen (secondary N) is 1. The number of carboxylic acid groups (broad SMARTS) is 1. The smallest absolute Gasteiger partial charge is 0.335 e. The lowest BCUT2D eigenvalue weighted by Gasteiger charge is -2.23. The van der Waals surface area contributed by atoms with E-state index in [0.717, 1.165) is 0 Å². The van der Waals surface area contributed by atoms with Crippen LogP contribution in [-0.2, 0) is 21.2 Å². The average molecular weight is 325 g/mol. The summed E-state index contributed by atoms with van der Waals surface area (Å²) in [6.07, 6.45) is 1.24. The van der Waals surface area contributed by atoms with Crippen LogP contribution in [0.1, 0.15) is 42.6 Å². The summed E-state index contributed by atoms with van der Waals surface area (Å²) in [5, 5.41) is 11.0. The third kappa shape index (κ3) is 3.14. The maximum absolute atomic E-state index is 12.3. The summed E-state index contributed by atoms with van der Waals surface area (Å²) in [6.45, 7) is 3.00. The molecule has 0 aliphatic heterocycles. The van der Waals surface area contributed by atoms with Crippen molar-refractivity contribution >= 4 is 21.7 Å². The molecule has 0 unspecified atom stereocenters. The molecule has 1 aliphatic carbocycles. The fraction of sp³-hybridized carbons (Fsp3) is 0.467. The third-order valence-electron chi connectivity index (χ3n) is 3.88. The highest BCUT2D eigenvalue weighted by Gasteiger charge is 2.50. The van der Waals surface area contributed by atoms with Crippen LogP contribution in [-0.4, -0.2) is 35.4 Å². The quantitative estimate of drug-likeness (QED) is 0.822. The summed E-state index contributed by atoms with van der Waals surface area (Å²) in [6, 6.07) is 6.06. The van der Waals surface area contributed by atoms with Gasteiger partial charge in [-0.1, -0.05) is 12.1 Å². The van der Waals surface area contributed by atoms with Gasteiger partial charge in [-0.15, -0.1) is 0 Å². The Morgan fingerprint density at radius 1 is 1.23 bits per heavy atom. The molecule has 2 rings (SSSR count). The predicted molar refractivity (Wildman–Crippen MR) is 81.3 cm³/mol. The standard InChI is InChI=1S/C15H19NO5S/c1-15(2,22(20,21)12-7-8-12)14(19)16-9-10-3-5-11(6-4-10)13(17)18/h3-6,12H,7-9H2,1-2H3,(H,16,19)(H,17,18). The molecule has 1 aromatic rings. The van der Waals surface area contributed by atoms with Crippen molar-refractivity contribution < 1.29 is 23.1 Å². The minimum Gasteiger partial charge on any atom is -0.478 e. The predicted octanol–water partition coefficient (Wildman–Crippen LogP) is 1.36. The van der Waals surface area contributed by atoms with Gasteiger partial charge in [0.1, 0.15) is 4.75 Å². The zero-order chi connectivity index (χ0) is 16.5. The molecular formula is C15H19NO5S. The monoisotopic (exact) mass is 325 g/mol. The van der Waals surface area contributed by atoms with E-state index in [-0.39, 0.29) is 12.1 Å². The summed E-state index contributed by atoms with van der Waals surface area (Å²) in [7, 11) is -3.48. The Bertz CT molecular complexity index is 687. The summed E-state index contributed by atoms with van der Waals surface area (Å²) in [5.74, 6) is -1.56. The van der Waals surface area contributed by atoms with Crippen molar-refractivity contribution in [1.29, 1.82) is 0 Å². The Morgan fingerprint density at radius 3 is 2.23 bits per heavy atom. The molecule has 0 bridgehead atoms. The van der Waals surface area contributed by atoms with Crippen molar-refractivity contribution in [2.24, 2.45) is 0 Å². The molecule has 120 valence electrons. The van der Waals surface area contributed by atoms with E-state index in [9.17, 15) is 18.0 Å². The minimum absolute atomic E-state index is 0.155. The topological polar surface area (TPSA) is 101 Å². The van der Waals surface area contributed by atoms with Gasteiger partial charge in [-0.2, -0.15) is 0 Å². The molecule has 0 heterocycles. The molecular weight excluding hydrogens is 306 g/mol. The van der Waals surface area contributed by atoms with Crippen LogP contribution in [0.15, 0.2) is 24.3 Å². The van der Waals surface area contributed by atoms with Gasteiger partial charge in [0.05, 0.1) is 10.8 Å². The summed E-state index contributed by atoms with van der Waals surface area (Å²) < 4.78 is 23.1. The third-order valence-corrected chi connectivity index (χ3v) is 6.83. The number of hydrogen-bond donors (Lipinski definition) is 2. The molecule has 0 spiro atoms. The average Bonchev–Trinajstić information content (AvgIpc) is 3.29. The Balaban J connectivity index is 2.01. The van der Waals surface area contributed by atoms with Crippen molar-refractivity contribution in [3.63, 3.8) is 0 Å². The van der Waals surface area contributed by atoms with Gasteiger partial charge in [0.25, 0.3) is 0 Å². The molecule has 1 aromatic carbocycles. The van der Waals surface area contributed by atoms with Gasteiger partial charge in [0.15, 0.2) is 9.84 Å². The van der Waals surface area contributed by atoms with E-state index in [1.165, 1.54) is 26.0 Å². The summed E-state index contributed by atoms with van der Waals surface area (Å²) >= 11 is 0. The van der Waals surface area contributed by atoms with Crippen LogP contribution in [0.5, 0.6) is 0 Å². The normalized spacial score (nSPS) is 15.4. The second kappa shape index (κ2) is 5.72. The minimum atomic E-state index is -3.48. The van der Waals surface area contributed by atoms with Gasteiger partial charge in [-0.25, -0.2) is 13.2 Å². The van der Waals surface area contributed by atoms with E-state index in [2.05, 4.69) is 5.32 Å². The van der Waals surface area contributed by atoms with Gasteiger partial charge in [0, 0.05) is 6.54 Å². The molecule has 0 radical (unpaired) electrons. The highest BCUT2D eigenvalue weighted by molar-refractivity contribution is 7.94. The van der Waals surface area contributed by atoms with Gasteiger partial charge in [-0.3, -0.25) is 4.79 Å². The molecule has 1 fully saturated rings. The first kappa shape index (κ1) is 16.5. The zero-order valence-corrected chi connectivity index (χ0v) is 13.3. The van der Waals surface area contributed by atoms with Crippen molar-refractivity contribution in [2.75, 3.05) is 0 Å². The first-order valence-corrected chi connectivity index (χ1v) is 8.55. The van der Waals surface area contributed by atoms with Gasteiger partial charge in [0.2, 0.25) is 5.91 Å². The van der Waals surface area contributed by atoms with Crippen LogP contribution in [0.4, 0.5) is 0 Å². The Labute approximate surface area is 129 Å². The Morgan fingerprint density at radius 2 is 1.77 bits per heavy atom. The zero-order valence-electron chi connectivity index (χ0n) is 12.5. The highest BCUT2D eigenvalue weighted by atomic mass is 32.2. The molecule has 22 heavy (non-hydrogen) atoms. The summed E-state index contributed by atoms with van der Waals surface area (Å²) in [5.41, 5.74) is 0.865. The second-order valence-corrected chi connectivity index (χ2v) is 8.72. The van der Waals surface area contributed by atoms with Gasteiger partial charge >= 0.3 is 5.97 Å². The first-order chi connectivity index (χ1) is 10.2. The van der Waals surface area contributed by atoms with E-state index in [1.807, 2.05) is 0 Å². The number of hydrogen-bond acceptors (Lipinski definition) is 4. The molecule has 7 heteroatoms. The van der Waals surface area contributed by atoms with Crippen LogP contribution in [0, 0.1) is 0 Å². The lowest BCUT2D eigenvalue weighted by molar-refractivity contribution is -0.123. The highest BCUT2D eigenvalue weighted by Crippen LogP contribution is 2.36. The molecule has 0 aromatic heterocycles. The fourth-order valence-electron chi connectivity index (χ4n) is 2.08. The van der Waals surface area contributed by atoms with Crippen LogP contribution in [0.25, 0.3) is 0 Å². The molecule has 2 N–H and O–H groups in total. The van der Waals surface area contributed by atoms with Crippen LogP contribution in [0.3, 0.4) is 0 Å². The maximum atomic E-state index is 12.3. The molecule has 1 amide bonds. The van der Waals surface area contributed by atoms with Crippen molar-refractivity contribution in [3.05, 3.63) is 35.4 Å². The van der Waals surface area contributed by atoms with Crippen LogP contribution in [0.2, 0.25) is 0 Å². The molecule has 1 aliphatic rings. The van der Waals surface area contributed by atoms with Crippen molar-refractivity contribution in [1.82, 2.24) is 5.32 Å². The molecule has 1 saturated carbocycles. The number of sulfone groups is 1. The molecule has 0 atom stereocenters. The van der Waals surface area contributed by atoms with Crippen LogP contribution >= 0.6 is 0 Å². The molecule has 6 nitrogen and oxygen atoms in total. The molecule has 0 saturated heterocycles. The van der Waals surface area contributed by atoms with E-state index >= 15 is 0 Å². The summed E-state index contributed by atoms with van der Waals surface area (Å²) in [4.78, 5) is 23.0. The maximum Gasteiger partial charge on any atom is 0.335 e. The number of aromatic carboxylic acids is 1. The number of carboxylic acids is 1. The van der Waals surface area contributed by atoms with Crippen molar-refractivity contribution in [2.45, 2.75) is 43.2 Å². The van der Waals surface area contributed by atoms with E-state index < -0.39 is 31.7 Å². The number of amides is 1. The Hall–Kier alpha value is -1.89. The van der Waals surface area contributed by atoms with E-state index in [4.69, 9.17) is 5.11 Å². The Kier molecular flexibility index (Phi) is 4.28.